The van der Waals surface area contributed by atoms with E-state index in [2.05, 4.69) is 10.4 Å². The minimum absolute atomic E-state index is 0.0639. The lowest BCUT2D eigenvalue weighted by Crippen LogP contribution is -2.27. The van der Waals surface area contributed by atoms with Gasteiger partial charge in [0.25, 0.3) is 5.56 Å². The van der Waals surface area contributed by atoms with Crippen LogP contribution in [0.5, 0.6) is 0 Å². The molecule has 0 atom stereocenters. The van der Waals surface area contributed by atoms with E-state index in [9.17, 15) is 9.59 Å². The molecular formula is C23H24N4O2S. The van der Waals surface area contributed by atoms with E-state index in [1.807, 2.05) is 73.3 Å². The molecule has 0 bridgehead atoms. The largest absolute Gasteiger partial charge is 0.351 e. The van der Waals surface area contributed by atoms with Crippen LogP contribution >= 0.6 is 11.3 Å². The average molecular weight is 421 g/mol. The Morgan fingerprint density at radius 2 is 1.97 bits per heavy atom. The zero-order valence-corrected chi connectivity index (χ0v) is 18.1. The van der Waals surface area contributed by atoms with Gasteiger partial charge in [0.05, 0.1) is 12.2 Å². The Kier molecular flexibility index (Phi) is 5.55. The molecule has 1 N–H and O–H groups in total. The van der Waals surface area contributed by atoms with Gasteiger partial charge in [-0.25, -0.2) is 0 Å². The SMILES string of the molecule is Cc1ccccc1-c1cc2n(C)c(C)c(CCC(=O)NCc3cccs3)c(=O)n2n1. The number of nitrogens with one attached hydrogen (secondary N) is 1. The summed E-state index contributed by atoms with van der Waals surface area (Å²) in [5.41, 5.74) is 4.94. The number of rotatable bonds is 6. The summed E-state index contributed by atoms with van der Waals surface area (Å²) >= 11 is 1.61. The highest BCUT2D eigenvalue weighted by atomic mass is 32.1. The van der Waals surface area contributed by atoms with Crippen LogP contribution in [0.3, 0.4) is 0 Å². The van der Waals surface area contributed by atoms with Crippen molar-refractivity contribution in [2.45, 2.75) is 33.2 Å². The second-order valence-electron chi connectivity index (χ2n) is 7.40. The van der Waals surface area contributed by atoms with Gasteiger partial charge in [-0.2, -0.15) is 9.61 Å². The number of hydrogen-bond donors (Lipinski definition) is 1. The van der Waals surface area contributed by atoms with Crippen LogP contribution in [0.1, 0.15) is 28.1 Å². The number of benzene rings is 1. The van der Waals surface area contributed by atoms with E-state index in [4.69, 9.17) is 0 Å². The summed E-state index contributed by atoms with van der Waals surface area (Å²) in [6, 6.07) is 13.9. The van der Waals surface area contributed by atoms with Crippen molar-refractivity contribution >= 4 is 22.9 Å². The van der Waals surface area contributed by atoms with E-state index in [0.29, 0.717) is 18.5 Å². The smallest absolute Gasteiger partial charge is 0.277 e. The Labute approximate surface area is 178 Å². The van der Waals surface area contributed by atoms with Crippen molar-refractivity contribution in [2.75, 3.05) is 0 Å². The van der Waals surface area contributed by atoms with Gasteiger partial charge in [-0.05, 0) is 37.3 Å². The first-order valence-corrected chi connectivity index (χ1v) is 10.8. The van der Waals surface area contributed by atoms with Gasteiger partial charge >= 0.3 is 0 Å². The second-order valence-corrected chi connectivity index (χ2v) is 8.43. The molecule has 0 saturated carbocycles. The van der Waals surface area contributed by atoms with Crippen molar-refractivity contribution in [1.82, 2.24) is 19.5 Å². The van der Waals surface area contributed by atoms with Crippen molar-refractivity contribution in [3.63, 3.8) is 0 Å². The molecule has 0 saturated heterocycles. The summed E-state index contributed by atoms with van der Waals surface area (Å²) in [7, 11) is 1.92. The van der Waals surface area contributed by atoms with Gasteiger partial charge in [0, 0.05) is 41.2 Å². The summed E-state index contributed by atoms with van der Waals surface area (Å²) in [6.07, 6.45) is 0.642. The Morgan fingerprint density at radius 1 is 1.17 bits per heavy atom. The molecule has 0 aliphatic carbocycles. The summed E-state index contributed by atoms with van der Waals surface area (Å²) in [5, 5.41) is 9.49. The second kappa shape index (κ2) is 8.28. The highest BCUT2D eigenvalue weighted by Gasteiger charge is 2.17. The molecule has 0 spiro atoms. The van der Waals surface area contributed by atoms with Crippen molar-refractivity contribution in [2.24, 2.45) is 7.05 Å². The Morgan fingerprint density at radius 3 is 2.70 bits per heavy atom. The Bertz CT molecular complexity index is 1270. The topological polar surface area (TPSA) is 68.4 Å². The number of thiophene rings is 1. The van der Waals surface area contributed by atoms with Crippen LogP contribution in [0.4, 0.5) is 0 Å². The van der Waals surface area contributed by atoms with E-state index in [1.165, 1.54) is 4.52 Å². The molecule has 3 aromatic heterocycles. The van der Waals surface area contributed by atoms with Crippen molar-refractivity contribution in [1.29, 1.82) is 0 Å². The van der Waals surface area contributed by atoms with Gasteiger partial charge in [0.15, 0.2) is 0 Å². The molecule has 4 aromatic rings. The van der Waals surface area contributed by atoms with Gasteiger partial charge in [-0.1, -0.05) is 30.3 Å². The molecule has 1 amide bonds. The predicted molar refractivity (Wildman–Crippen MR) is 120 cm³/mol. The third-order valence-electron chi connectivity index (χ3n) is 5.49. The van der Waals surface area contributed by atoms with Crippen molar-refractivity contribution in [3.8, 4) is 11.3 Å². The molecule has 1 aromatic carbocycles. The zero-order valence-electron chi connectivity index (χ0n) is 17.3. The summed E-state index contributed by atoms with van der Waals surface area (Å²) in [5.74, 6) is -0.0639. The van der Waals surface area contributed by atoms with Crippen molar-refractivity contribution in [3.05, 3.63) is 79.9 Å². The van der Waals surface area contributed by atoms with E-state index < -0.39 is 0 Å². The number of fused-ring (bicyclic) bond motifs is 1. The third kappa shape index (κ3) is 3.80. The van der Waals surface area contributed by atoms with E-state index in [-0.39, 0.29) is 17.9 Å². The van der Waals surface area contributed by atoms with Gasteiger partial charge < -0.3 is 9.88 Å². The number of amides is 1. The summed E-state index contributed by atoms with van der Waals surface area (Å²) < 4.78 is 3.42. The van der Waals surface area contributed by atoms with E-state index in [0.717, 1.165) is 33.0 Å². The van der Waals surface area contributed by atoms with Crippen LogP contribution in [0.15, 0.2) is 52.6 Å². The number of nitrogens with zero attached hydrogens (tertiary/aromatic N) is 3. The van der Waals surface area contributed by atoms with Gasteiger partial charge in [-0.3, -0.25) is 9.59 Å². The molecule has 3 heterocycles. The molecule has 0 unspecified atom stereocenters. The quantitative estimate of drug-likeness (QED) is 0.518. The normalized spacial score (nSPS) is 11.2. The summed E-state index contributed by atoms with van der Waals surface area (Å²) in [4.78, 5) is 26.5. The lowest BCUT2D eigenvalue weighted by atomic mass is 10.1. The van der Waals surface area contributed by atoms with E-state index in [1.54, 1.807) is 11.3 Å². The standard InChI is InChI=1S/C23H24N4O2S/c1-15-7-4-5-9-18(15)20-13-22-26(3)16(2)19(23(29)27(22)25-20)10-11-21(28)24-14-17-8-6-12-30-17/h4-9,12-13H,10-11,14H2,1-3H3,(H,24,28). The van der Waals surface area contributed by atoms with Crippen LogP contribution in [0, 0.1) is 13.8 Å². The first kappa shape index (κ1) is 20.1. The van der Waals surface area contributed by atoms with Crippen LogP contribution in [0.2, 0.25) is 0 Å². The lowest BCUT2D eigenvalue weighted by Gasteiger charge is -2.12. The fraction of sp³-hybridized carbons (Fsp3) is 0.261. The fourth-order valence-electron chi connectivity index (χ4n) is 3.62. The Hall–Kier alpha value is -3.19. The first-order valence-electron chi connectivity index (χ1n) is 9.89. The molecule has 7 heteroatoms. The van der Waals surface area contributed by atoms with Gasteiger partial charge in [-0.15, -0.1) is 11.3 Å². The maximum Gasteiger partial charge on any atom is 0.277 e. The molecule has 0 radical (unpaired) electrons. The summed E-state index contributed by atoms with van der Waals surface area (Å²) in [6.45, 7) is 4.47. The number of carbonyl (C=O) groups excluding carboxylic acids is 1. The number of hydrogen-bond acceptors (Lipinski definition) is 4. The number of aromatic nitrogens is 3. The lowest BCUT2D eigenvalue weighted by molar-refractivity contribution is -0.121. The molecule has 0 aliphatic heterocycles. The molecule has 0 aliphatic rings. The maximum absolute atomic E-state index is 13.1. The Balaban J connectivity index is 1.60. The van der Waals surface area contributed by atoms with Crippen LogP contribution in [0.25, 0.3) is 16.9 Å². The average Bonchev–Trinajstić information content (AvgIpc) is 3.41. The highest BCUT2D eigenvalue weighted by Crippen LogP contribution is 2.23. The minimum Gasteiger partial charge on any atom is -0.351 e. The monoisotopic (exact) mass is 420 g/mol. The molecule has 30 heavy (non-hydrogen) atoms. The number of carbonyl (C=O) groups is 1. The molecule has 6 nitrogen and oxygen atoms in total. The van der Waals surface area contributed by atoms with Crippen LogP contribution in [-0.4, -0.2) is 20.1 Å². The zero-order chi connectivity index (χ0) is 21.3. The third-order valence-corrected chi connectivity index (χ3v) is 6.36. The highest BCUT2D eigenvalue weighted by molar-refractivity contribution is 7.09. The first-order chi connectivity index (χ1) is 14.5. The maximum atomic E-state index is 13.1. The van der Waals surface area contributed by atoms with E-state index >= 15 is 0 Å². The molecular weight excluding hydrogens is 396 g/mol. The van der Waals surface area contributed by atoms with Crippen molar-refractivity contribution < 1.29 is 4.79 Å². The molecule has 0 fully saturated rings. The van der Waals surface area contributed by atoms with Crippen LogP contribution in [-0.2, 0) is 24.8 Å². The van der Waals surface area contributed by atoms with Gasteiger partial charge in [0.1, 0.15) is 5.65 Å². The number of aryl methyl sites for hydroxylation is 2. The minimum atomic E-state index is -0.161. The molecule has 154 valence electrons. The van der Waals surface area contributed by atoms with Crippen LogP contribution < -0.4 is 10.9 Å². The molecule has 4 rings (SSSR count). The fourth-order valence-corrected chi connectivity index (χ4v) is 4.27. The predicted octanol–water partition coefficient (Wildman–Crippen LogP) is 3.63. The van der Waals surface area contributed by atoms with Gasteiger partial charge in [0.2, 0.25) is 5.91 Å².